The Bertz CT molecular complexity index is 1050. The van der Waals surface area contributed by atoms with Crippen molar-refractivity contribution in [1.29, 1.82) is 0 Å². The van der Waals surface area contributed by atoms with E-state index in [2.05, 4.69) is 0 Å². The topological polar surface area (TPSA) is 83.8 Å². The number of carboxylic acids is 2. The zero-order valence-corrected chi connectivity index (χ0v) is 16.8. The monoisotopic (exact) mass is 404 g/mol. The first-order valence-electron chi connectivity index (χ1n) is 10.1. The number of ether oxygens (including phenoxy) is 1. The second-order valence-corrected chi connectivity index (χ2v) is 8.00. The lowest BCUT2D eigenvalue weighted by atomic mass is 9.69. The van der Waals surface area contributed by atoms with Gasteiger partial charge in [-0.2, -0.15) is 0 Å². The van der Waals surface area contributed by atoms with Gasteiger partial charge in [-0.3, -0.25) is 4.79 Å². The minimum atomic E-state index is -1.44. The van der Waals surface area contributed by atoms with Crippen molar-refractivity contribution >= 4 is 11.9 Å². The predicted octanol–water partition coefficient (Wildman–Crippen LogP) is 4.83. The minimum absolute atomic E-state index is 0.0908. The highest BCUT2D eigenvalue weighted by Gasteiger charge is 2.44. The molecule has 0 aliphatic heterocycles. The van der Waals surface area contributed by atoms with Gasteiger partial charge in [0, 0.05) is 12.0 Å². The average Bonchev–Trinajstić information content (AvgIpc) is 3.58. The summed E-state index contributed by atoms with van der Waals surface area (Å²) in [6.45, 7) is 1.94. The van der Waals surface area contributed by atoms with Crippen LogP contribution in [0.1, 0.15) is 48.8 Å². The van der Waals surface area contributed by atoms with Crippen molar-refractivity contribution in [3.05, 3.63) is 88.5 Å². The van der Waals surface area contributed by atoms with Crippen LogP contribution in [0.3, 0.4) is 0 Å². The van der Waals surface area contributed by atoms with Crippen LogP contribution >= 0.6 is 0 Å². The molecule has 1 unspecified atom stereocenters. The molecular formula is C25H24O5. The van der Waals surface area contributed by atoms with Gasteiger partial charge < -0.3 is 14.9 Å². The van der Waals surface area contributed by atoms with E-state index in [1.807, 2.05) is 42.5 Å². The summed E-state index contributed by atoms with van der Waals surface area (Å²) in [5, 5.41) is 19.9. The number of benzene rings is 2. The number of hydrogen-bond acceptors (Lipinski definition) is 3. The molecule has 4 rings (SSSR count). The fraction of sp³-hybridized carbons (Fsp3) is 0.280. The molecule has 30 heavy (non-hydrogen) atoms. The summed E-state index contributed by atoms with van der Waals surface area (Å²) in [7, 11) is 0. The molecule has 0 spiro atoms. The van der Waals surface area contributed by atoms with Crippen molar-refractivity contribution < 1.29 is 24.5 Å². The van der Waals surface area contributed by atoms with Crippen molar-refractivity contribution in [3.63, 3.8) is 0 Å². The molecule has 1 fully saturated rings. The van der Waals surface area contributed by atoms with Crippen LogP contribution in [-0.2, 0) is 21.6 Å². The van der Waals surface area contributed by atoms with Gasteiger partial charge in [-0.1, -0.05) is 48.6 Å². The first kappa shape index (κ1) is 20.0. The first-order valence-corrected chi connectivity index (χ1v) is 10.1. The van der Waals surface area contributed by atoms with Crippen molar-refractivity contribution in [3.8, 4) is 5.75 Å². The largest absolute Gasteiger partial charge is 0.489 e. The molecule has 2 aromatic rings. The molecule has 2 aliphatic rings. The van der Waals surface area contributed by atoms with E-state index >= 15 is 0 Å². The first-order chi connectivity index (χ1) is 14.4. The van der Waals surface area contributed by atoms with Crippen molar-refractivity contribution in [1.82, 2.24) is 0 Å². The van der Waals surface area contributed by atoms with Gasteiger partial charge in [-0.05, 0) is 60.1 Å². The fourth-order valence-corrected chi connectivity index (χ4v) is 4.17. The maximum Gasteiger partial charge on any atom is 0.331 e. The van der Waals surface area contributed by atoms with Crippen LogP contribution in [0, 0.1) is 0 Å². The Kier molecular flexibility index (Phi) is 5.20. The summed E-state index contributed by atoms with van der Waals surface area (Å²) in [4.78, 5) is 24.3. The summed E-state index contributed by atoms with van der Waals surface area (Å²) >= 11 is 0. The molecule has 154 valence electrons. The van der Waals surface area contributed by atoms with Gasteiger partial charge in [0.15, 0.2) is 0 Å². The number of allylic oxidation sites excluding steroid dienone is 2. The number of para-hydroxylation sites is 1. The van der Waals surface area contributed by atoms with E-state index < -0.39 is 17.4 Å². The number of carboxylic acid groups (broad SMARTS) is 2. The molecule has 2 aromatic carbocycles. The Labute approximate surface area is 175 Å². The van der Waals surface area contributed by atoms with E-state index in [0.29, 0.717) is 22.8 Å². The molecule has 2 N–H and O–H groups in total. The van der Waals surface area contributed by atoms with Crippen LogP contribution in [-0.4, -0.2) is 22.2 Å². The van der Waals surface area contributed by atoms with E-state index in [-0.39, 0.29) is 18.6 Å². The van der Waals surface area contributed by atoms with Crippen LogP contribution in [0.2, 0.25) is 0 Å². The lowest BCUT2D eigenvalue weighted by molar-refractivity contribution is -0.142. The van der Waals surface area contributed by atoms with E-state index in [4.69, 9.17) is 4.74 Å². The average molecular weight is 404 g/mol. The third kappa shape index (κ3) is 3.63. The second-order valence-electron chi connectivity index (χ2n) is 8.00. The standard InChI is InChI=1S/C25H24O5/c1-16-12-13-25(24(28)29,14-20(16)23(26)27)22-9-5-8-19(17-10-11-17)21(22)15-30-18-6-3-2-4-7-18/h2-9,12-13,17H,10-11,14-15H2,1H3,(H,26,27)(H,28,29). The Morgan fingerprint density at radius 3 is 2.43 bits per heavy atom. The Hall–Kier alpha value is -3.34. The summed E-state index contributed by atoms with van der Waals surface area (Å²) in [6, 6.07) is 15.1. The summed E-state index contributed by atoms with van der Waals surface area (Å²) < 4.78 is 6.02. The van der Waals surface area contributed by atoms with Crippen LogP contribution in [0.4, 0.5) is 0 Å². The second kappa shape index (κ2) is 7.82. The molecule has 0 heterocycles. The molecule has 0 amide bonds. The third-order valence-corrected chi connectivity index (χ3v) is 6.03. The maximum absolute atomic E-state index is 12.6. The van der Waals surface area contributed by atoms with Crippen LogP contribution in [0.25, 0.3) is 0 Å². The zero-order valence-electron chi connectivity index (χ0n) is 16.8. The van der Waals surface area contributed by atoms with Gasteiger partial charge in [0.25, 0.3) is 0 Å². The van der Waals surface area contributed by atoms with Crippen LogP contribution in [0.5, 0.6) is 5.75 Å². The van der Waals surface area contributed by atoms with Gasteiger partial charge in [0.1, 0.15) is 17.8 Å². The number of hydrogen-bond donors (Lipinski definition) is 2. The predicted molar refractivity (Wildman–Crippen MR) is 113 cm³/mol. The highest BCUT2D eigenvalue weighted by molar-refractivity contribution is 5.94. The van der Waals surface area contributed by atoms with Gasteiger partial charge in [-0.25, -0.2) is 4.79 Å². The highest BCUT2D eigenvalue weighted by Crippen LogP contribution is 2.46. The molecule has 1 saturated carbocycles. The Morgan fingerprint density at radius 2 is 1.80 bits per heavy atom. The SMILES string of the molecule is CC1=C(C(=O)O)CC(C(=O)O)(c2cccc(C3CC3)c2COc2ccccc2)C=C1. The van der Waals surface area contributed by atoms with Crippen molar-refractivity contribution in [2.24, 2.45) is 0 Å². The summed E-state index contributed by atoms with van der Waals surface area (Å²) in [5.74, 6) is -1.03. The smallest absolute Gasteiger partial charge is 0.331 e. The Morgan fingerprint density at radius 1 is 1.07 bits per heavy atom. The van der Waals surface area contributed by atoms with Gasteiger partial charge in [0.05, 0.1) is 0 Å². The van der Waals surface area contributed by atoms with E-state index in [1.54, 1.807) is 25.1 Å². The maximum atomic E-state index is 12.6. The quantitative estimate of drug-likeness (QED) is 0.691. The number of rotatable bonds is 7. The molecule has 5 heteroatoms. The number of carbonyl (C=O) groups is 2. The van der Waals surface area contributed by atoms with Gasteiger partial charge >= 0.3 is 11.9 Å². The molecule has 1 atom stereocenters. The molecule has 0 radical (unpaired) electrons. The molecular weight excluding hydrogens is 380 g/mol. The lowest BCUT2D eigenvalue weighted by Crippen LogP contribution is -2.38. The third-order valence-electron chi connectivity index (χ3n) is 6.03. The summed E-state index contributed by atoms with van der Waals surface area (Å²) in [6.07, 6.45) is 5.29. The molecule has 0 bridgehead atoms. The van der Waals surface area contributed by atoms with E-state index in [1.165, 1.54) is 0 Å². The minimum Gasteiger partial charge on any atom is -0.489 e. The van der Waals surface area contributed by atoms with Gasteiger partial charge in [-0.15, -0.1) is 0 Å². The Balaban J connectivity index is 1.80. The molecule has 2 aliphatic carbocycles. The van der Waals surface area contributed by atoms with E-state index in [9.17, 15) is 19.8 Å². The molecule has 0 aromatic heterocycles. The molecule has 5 nitrogen and oxygen atoms in total. The fourth-order valence-electron chi connectivity index (χ4n) is 4.17. The van der Waals surface area contributed by atoms with Crippen molar-refractivity contribution in [2.75, 3.05) is 0 Å². The van der Waals surface area contributed by atoms with Crippen molar-refractivity contribution in [2.45, 2.75) is 44.1 Å². The van der Waals surface area contributed by atoms with Gasteiger partial charge in [0.2, 0.25) is 0 Å². The molecule has 0 saturated heterocycles. The summed E-state index contributed by atoms with van der Waals surface area (Å²) in [5.41, 5.74) is 1.83. The van der Waals surface area contributed by atoms with Crippen LogP contribution in [0.15, 0.2) is 71.8 Å². The van der Waals surface area contributed by atoms with Crippen LogP contribution < -0.4 is 4.74 Å². The number of aliphatic carboxylic acids is 2. The van der Waals surface area contributed by atoms with E-state index in [0.717, 1.165) is 24.0 Å². The zero-order chi connectivity index (χ0) is 21.3. The highest BCUT2D eigenvalue weighted by atomic mass is 16.5. The lowest BCUT2D eigenvalue weighted by Gasteiger charge is -2.33. The normalized spacial score (nSPS) is 20.8.